The van der Waals surface area contributed by atoms with Crippen molar-refractivity contribution in [2.75, 3.05) is 6.61 Å². The van der Waals surface area contributed by atoms with Crippen molar-refractivity contribution in [2.24, 2.45) is 4.99 Å². The van der Waals surface area contributed by atoms with Crippen molar-refractivity contribution in [3.05, 3.63) is 125 Å². The number of carbonyl (C=O) groups is 1. The number of para-hydroxylation sites is 1. The Morgan fingerprint density at radius 3 is 2.55 bits per heavy atom. The lowest BCUT2D eigenvalue weighted by molar-refractivity contribution is -0.139. The van der Waals surface area contributed by atoms with Gasteiger partial charge in [-0.1, -0.05) is 83.6 Å². The van der Waals surface area contributed by atoms with Crippen LogP contribution < -0.4 is 14.9 Å². The zero-order valence-corrected chi connectivity index (χ0v) is 23.8. The Balaban J connectivity index is 1.62. The van der Waals surface area contributed by atoms with Crippen LogP contribution in [-0.2, 0) is 9.53 Å². The van der Waals surface area contributed by atoms with E-state index in [0.29, 0.717) is 25.6 Å². The zero-order valence-electron chi connectivity index (χ0n) is 22.2. The topological polar surface area (TPSA) is 76.4 Å². The number of hydrogen-bond donors (Lipinski definition) is 1. The average molecular weight is 568 g/mol. The number of aromatic nitrogens is 2. The Hall–Kier alpha value is -4.20. The highest BCUT2D eigenvalue weighted by atomic mass is 35.5. The van der Waals surface area contributed by atoms with Crippen molar-refractivity contribution in [1.82, 2.24) is 9.55 Å². The maximum atomic E-state index is 14.1. The van der Waals surface area contributed by atoms with E-state index < -0.39 is 12.0 Å². The van der Waals surface area contributed by atoms with Gasteiger partial charge in [0.2, 0.25) is 0 Å². The van der Waals surface area contributed by atoms with Gasteiger partial charge in [-0.3, -0.25) is 9.36 Å². The number of esters is 1. The lowest BCUT2D eigenvalue weighted by Crippen LogP contribution is -2.39. The van der Waals surface area contributed by atoms with Gasteiger partial charge < -0.3 is 9.72 Å². The normalized spacial score (nSPS) is 15.3. The second-order valence-corrected chi connectivity index (χ2v) is 11.1. The Bertz CT molecular complexity index is 1980. The summed E-state index contributed by atoms with van der Waals surface area (Å²) in [5.74, 6) is -0.489. The highest BCUT2D eigenvalue weighted by molar-refractivity contribution is 7.07. The number of ether oxygens (including phenoxy) is 1. The number of allylic oxidation sites excluding steroid dienone is 1. The van der Waals surface area contributed by atoms with E-state index in [2.05, 4.69) is 36.2 Å². The van der Waals surface area contributed by atoms with E-state index in [4.69, 9.17) is 21.3 Å². The summed E-state index contributed by atoms with van der Waals surface area (Å²) in [6, 6.07) is 22.7. The first-order valence-electron chi connectivity index (χ1n) is 13.0. The number of benzene rings is 3. The summed E-state index contributed by atoms with van der Waals surface area (Å²) in [7, 11) is 0. The highest BCUT2D eigenvalue weighted by Crippen LogP contribution is 2.33. The van der Waals surface area contributed by atoms with Crippen LogP contribution in [-0.4, -0.2) is 22.1 Å². The number of hydrogen-bond acceptors (Lipinski definition) is 5. The van der Waals surface area contributed by atoms with Gasteiger partial charge in [0.25, 0.3) is 5.56 Å². The molecule has 6 nitrogen and oxygen atoms in total. The fraction of sp³-hybridized carbons (Fsp3) is 0.156. The number of carbonyl (C=O) groups excluding carboxylic acids is 1. The van der Waals surface area contributed by atoms with Crippen LogP contribution in [0.1, 0.15) is 36.6 Å². The van der Waals surface area contributed by atoms with Gasteiger partial charge in [-0.2, -0.15) is 0 Å². The van der Waals surface area contributed by atoms with Crippen molar-refractivity contribution in [1.29, 1.82) is 0 Å². The van der Waals surface area contributed by atoms with Crippen LogP contribution in [0, 0.1) is 6.92 Å². The third kappa shape index (κ3) is 4.41. The van der Waals surface area contributed by atoms with Crippen LogP contribution in [0.25, 0.3) is 28.2 Å². The fourth-order valence-electron chi connectivity index (χ4n) is 5.25. The molecule has 40 heavy (non-hydrogen) atoms. The van der Waals surface area contributed by atoms with E-state index >= 15 is 0 Å². The number of fused-ring (bicyclic) bond motifs is 2. The predicted octanol–water partition coefficient (Wildman–Crippen LogP) is 5.91. The molecule has 0 spiro atoms. The second-order valence-electron chi connectivity index (χ2n) is 9.63. The van der Waals surface area contributed by atoms with E-state index in [1.807, 2.05) is 42.5 Å². The molecule has 0 bridgehead atoms. The van der Waals surface area contributed by atoms with Crippen molar-refractivity contribution in [2.45, 2.75) is 26.8 Å². The number of aromatic amines is 1. The minimum atomic E-state index is -0.687. The summed E-state index contributed by atoms with van der Waals surface area (Å²) in [4.78, 5) is 36.1. The lowest BCUT2D eigenvalue weighted by Gasteiger charge is -2.24. The molecule has 1 aliphatic heterocycles. The van der Waals surface area contributed by atoms with Crippen LogP contribution in [0.2, 0.25) is 5.02 Å². The largest absolute Gasteiger partial charge is 0.463 e. The molecule has 0 unspecified atom stereocenters. The SMILES string of the molecule is CCOC(=O)C1=C(C)N=c2s/c(=C/c3c(-c4ccccc4)[nH]c4c(C)cccc34)c(=O)n2[C@H]1c1ccc(Cl)cc1. The van der Waals surface area contributed by atoms with Gasteiger partial charge in [-0.15, -0.1) is 0 Å². The molecule has 1 atom stereocenters. The Labute approximate surface area is 239 Å². The molecular weight excluding hydrogens is 542 g/mol. The molecule has 3 heterocycles. The molecule has 0 saturated heterocycles. The molecule has 0 radical (unpaired) electrons. The maximum absolute atomic E-state index is 14.1. The van der Waals surface area contributed by atoms with Crippen LogP contribution in [0.3, 0.4) is 0 Å². The molecule has 0 saturated carbocycles. The molecule has 200 valence electrons. The number of nitrogens with one attached hydrogen (secondary N) is 1. The molecule has 1 N–H and O–H groups in total. The smallest absolute Gasteiger partial charge is 0.338 e. The summed E-state index contributed by atoms with van der Waals surface area (Å²) < 4.78 is 7.51. The summed E-state index contributed by atoms with van der Waals surface area (Å²) in [5.41, 5.74) is 6.44. The van der Waals surface area contributed by atoms with Gasteiger partial charge >= 0.3 is 5.97 Å². The average Bonchev–Trinajstić information content (AvgIpc) is 3.47. The standard InChI is InChI=1S/C32H26ClN3O3S/c1-4-39-31(38)26-19(3)34-32-36(29(26)21-13-15-22(33)16-14-21)30(37)25(40-32)17-24-23-12-8-9-18(2)27(23)35-28(24)20-10-6-5-7-11-20/h5-17,29,35H,4H2,1-3H3/b25-17+/t29-/m0/s1. The Morgan fingerprint density at radius 1 is 1.07 bits per heavy atom. The molecule has 2 aromatic heterocycles. The van der Waals surface area contributed by atoms with Gasteiger partial charge in [0.1, 0.15) is 0 Å². The number of H-pyrrole nitrogens is 1. The van der Waals surface area contributed by atoms with E-state index in [0.717, 1.165) is 38.9 Å². The number of aryl methyl sites for hydroxylation is 1. The molecule has 3 aromatic carbocycles. The molecule has 8 heteroatoms. The van der Waals surface area contributed by atoms with Crippen LogP contribution in [0.5, 0.6) is 0 Å². The monoisotopic (exact) mass is 567 g/mol. The van der Waals surface area contributed by atoms with Gasteiger partial charge in [0.05, 0.1) is 34.1 Å². The predicted molar refractivity (Wildman–Crippen MR) is 160 cm³/mol. The summed E-state index contributed by atoms with van der Waals surface area (Å²) >= 11 is 7.48. The van der Waals surface area contributed by atoms with E-state index in [-0.39, 0.29) is 12.2 Å². The first-order chi connectivity index (χ1) is 19.4. The molecule has 1 aliphatic rings. The summed E-state index contributed by atoms with van der Waals surface area (Å²) in [6.07, 6.45) is 1.94. The molecule has 6 rings (SSSR count). The van der Waals surface area contributed by atoms with E-state index in [9.17, 15) is 9.59 Å². The number of rotatable bonds is 5. The molecule has 0 fully saturated rings. The van der Waals surface area contributed by atoms with E-state index in [1.54, 1.807) is 30.5 Å². The molecule has 5 aromatic rings. The van der Waals surface area contributed by atoms with Gasteiger partial charge in [0, 0.05) is 21.5 Å². The van der Waals surface area contributed by atoms with Crippen molar-refractivity contribution < 1.29 is 9.53 Å². The van der Waals surface area contributed by atoms with Crippen molar-refractivity contribution in [3.63, 3.8) is 0 Å². The van der Waals surface area contributed by atoms with Crippen LogP contribution in [0.15, 0.2) is 93.9 Å². The van der Waals surface area contributed by atoms with Crippen LogP contribution in [0.4, 0.5) is 0 Å². The van der Waals surface area contributed by atoms with Gasteiger partial charge in [0.15, 0.2) is 4.80 Å². The van der Waals surface area contributed by atoms with Crippen molar-refractivity contribution >= 4 is 45.9 Å². The first kappa shape index (κ1) is 26.0. The third-order valence-corrected chi connectivity index (χ3v) is 8.36. The van der Waals surface area contributed by atoms with Gasteiger partial charge in [-0.25, -0.2) is 9.79 Å². The minimum absolute atomic E-state index is 0.218. The maximum Gasteiger partial charge on any atom is 0.338 e. The molecule has 0 aliphatic carbocycles. The van der Waals surface area contributed by atoms with E-state index in [1.165, 1.54) is 11.3 Å². The van der Waals surface area contributed by atoms with Crippen molar-refractivity contribution in [3.8, 4) is 11.3 Å². The summed E-state index contributed by atoms with van der Waals surface area (Å²) in [5, 5.41) is 1.60. The van der Waals surface area contributed by atoms with Gasteiger partial charge in [-0.05, 0) is 55.7 Å². The summed E-state index contributed by atoms with van der Waals surface area (Å²) in [6.45, 7) is 5.82. The number of thiazole rings is 1. The van der Waals surface area contributed by atoms with Crippen LogP contribution >= 0.6 is 22.9 Å². The number of halogens is 1. The minimum Gasteiger partial charge on any atom is -0.463 e. The quantitative estimate of drug-likeness (QED) is 0.268. The Morgan fingerprint density at radius 2 is 1.82 bits per heavy atom. The first-order valence-corrected chi connectivity index (χ1v) is 14.2. The Kier molecular flexibility index (Phi) is 6.78. The second kappa shape index (κ2) is 10.4. The number of nitrogens with zero attached hydrogens (tertiary/aromatic N) is 2. The molecule has 0 amide bonds. The lowest BCUT2D eigenvalue weighted by atomic mass is 9.96. The fourth-order valence-corrected chi connectivity index (χ4v) is 6.40. The molecular formula is C32H26ClN3O3S. The zero-order chi connectivity index (χ0) is 28.0. The third-order valence-electron chi connectivity index (χ3n) is 7.12. The highest BCUT2D eigenvalue weighted by Gasteiger charge is 2.33.